The van der Waals surface area contributed by atoms with Crippen molar-refractivity contribution in [2.45, 2.75) is 13.6 Å². The minimum atomic E-state index is -0.0938. The molecule has 1 aromatic heterocycles. The Morgan fingerprint density at radius 3 is 2.57 bits per heavy atom. The highest BCUT2D eigenvalue weighted by Crippen LogP contribution is 2.28. The van der Waals surface area contributed by atoms with Crippen molar-refractivity contribution < 1.29 is 9.53 Å². The molecular formula is C24H24N4O2. The van der Waals surface area contributed by atoms with Gasteiger partial charge in [-0.25, -0.2) is 0 Å². The predicted molar refractivity (Wildman–Crippen MR) is 119 cm³/mol. The molecule has 3 aromatic rings. The molecule has 6 heteroatoms. The van der Waals surface area contributed by atoms with Gasteiger partial charge < -0.3 is 9.30 Å². The van der Waals surface area contributed by atoms with Gasteiger partial charge in [0.15, 0.2) is 0 Å². The third kappa shape index (κ3) is 3.44. The van der Waals surface area contributed by atoms with E-state index in [-0.39, 0.29) is 5.91 Å². The number of amides is 1. The van der Waals surface area contributed by atoms with Gasteiger partial charge in [-0.3, -0.25) is 9.69 Å². The van der Waals surface area contributed by atoms with Crippen molar-refractivity contribution in [2.75, 3.05) is 31.3 Å². The number of carbonyl (C=O) groups is 1. The van der Waals surface area contributed by atoms with Crippen molar-refractivity contribution in [3.63, 3.8) is 0 Å². The maximum Gasteiger partial charge on any atom is 0.280 e. The number of fused-ring (bicyclic) bond motifs is 1. The van der Waals surface area contributed by atoms with Crippen LogP contribution in [0.25, 0.3) is 17.0 Å². The van der Waals surface area contributed by atoms with Gasteiger partial charge in [0.1, 0.15) is 0 Å². The average molecular weight is 400 g/mol. The first-order chi connectivity index (χ1) is 14.7. The third-order valence-corrected chi connectivity index (χ3v) is 5.64. The van der Waals surface area contributed by atoms with Crippen molar-refractivity contribution in [3.8, 4) is 0 Å². The van der Waals surface area contributed by atoms with E-state index in [9.17, 15) is 4.79 Å². The fourth-order valence-electron chi connectivity index (χ4n) is 4.05. The van der Waals surface area contributed by atoms with Gasteiger partial charge in [-0.15, -0.1) is 0 Å². The normalized spacial score (nSPS) is 19.1. The van der Waals surface area contributed by atoms with Crippen LogP contribution in [0.15, 0.2) is 71.5 Å². The van der Waals surface area contributed by atoms with Crippen LogP contribution in [-0.4, -0.2) is 47.4 Å². The second-order valence-corrected chi connectivity index (χ2v) is 7.64. The molecule has 2 aliphatic heterocycles. The highest BCUT2D eigenvalue weighted by molar-refractivity contribution is 6.32. The van der Waals surface area contributed by atoms with E-state index in [0.29, 0.717) is 5.57 Å². The summed E-state index contributed by atoms with van der Waals surface area (Å²) in [6.45, 7) is 6.10. The highest BCUT2D eigenvalue weighted by Gasteiger charge is 2.29. The lowest BCUT2D eigenvalue weighted by molar-refractivity contribution is -0.114. The quantitative estimate of drug-likeness (QED) is 0.627. The number of benzene rings is 2. The molecule has 152 valence electrons. The summed E-state index contributed by atoms with van der Waals surface area (Å²) in [6, 6.07) is 17.9. The van der Waals surface area contributed by atoms with Gasteiger partial charge in [0.25, 0.3) is 5.91 Å². The summed E-state index contributed by atoms with van der Waals surface area (Å²) in [5, 5.41) is 7.12. The topological polar surface area (TPSA) is 50.1 Å². The Hall–Kier alpha value is -3.22. The summed E-state index contributed by atoms with van der Waals surface area (Å²) in [4.78, 5) is 15.5. The van der Waals surface area contributed by atoms with E-state index < -0.39 is 0 Å². The maximum atomic E-state index is 13.1. The predicted octanol–water partition coefficient (Wildman–Crippen LogP) is 3.74. The number of nitrogens with zero attached hydrogens (tertiary/aromatic N) is 4. The molecule has 3 heterocycles. The molecule has 0 unspecified atom stereocenters. The number of anilines is 1. The van der Waals surface area contributed by atoms with Gasteiger partial charge in [0.2, 0.25) is 0 Å². The Morgan fingerprint density at radius 1 is 1.03 bits per heavy atom. The van der Waals surface area contributed by atoms with Crippen LogP contribution < -0.4 is 5.01 Å². The van der Waals surface area contributed by atoms with E-state index >= 15 is 0 Å². The fourth-order valence-corrected chi connectivity index (χ4v) is 4.05. The molecule has 1 saturated heterocycles. The lowest BCUT2D eigenvalue weighted by Crippen LogP contribution is -2.37. The fraction of sp³-hybridized carbons (Fsp3) is 0.250. The molecule has 0 N–H and O–H groups in total. The van der Waals surface area contributed by atoms with E-state index in [1.807, 2.05) is 49.4 Å². The average Bonchev–Trinajstić information content (AvgIpc) is 3.27. The second kappa shape index (κ2) is 7.89. The lowest BCUT2D eigenvalue weighted by atomic mass is 10.1. The molecule has 2 aliphatic rings. The van der Waals surface area contributed by atoms with Crippen LogP contribution in [0.3, 0.4) is 0 Å². The maximum absolute atomic E-state index is 13.1. The van der Waals surface area contributed by atoms with Crippen LogP contribution in [0.4, 0.5) is 5.69 Å². The number of ether oxygens (including phenoxy) is 1. The summed E-state index contributed by atoms with van der Waals surface area (Å²) in [7, 11) is 0. The van der Waals surface area contributed by atoms with Crippen LogP contribution in [0, 0.1) is 0 Å². The SMILES string of the molecule is CC1=NN(c2ccccc2)C(=O)C1=Cc1cn(CN2CCOCC2)c2ccccc12. The molecule has 1 amide bonds. The number of aromatic nitrogens is 1. The Balaban J connectivity index is 1.50. The smallest absolute Gasteiger partial charge is 0.280 e. The Bertz CT molecular complexity index is 1140. The first-order valence-corrected chi connectivity index (χ1v) is 10.3. The first kappa shape index (κ1) is 18.8. The zero-order valence-corrected chi connectivity index (χ0v) is 17.0. The van der Waals surface area contributed by atoms with Gasteiger partial charge in [-0.05, 0) is 31.2 Å². The van der Waals surface area contributed by atoms with E-state index in [1.54, 1.807) is 0 Å². The van der Waals surface area contributed by atoms with Crippen LogP contribution in [0.1, 0.15) is 12.5 Å². The number of rotatable bonds is 4. The van der Waals surface area contributed by atoms with Crippen LogP contribution in [-0.2, 0) is 16.2 Å². The van der Waals surface area contributed by atoms with E-state index in [1.165, 1.54) is 5.01 Å². The van der Waals surface area contributed by atoms with Crippen molar-refractivity contribution in [2.24, 2.45) is 5.10 Å². The number of hydrazone groups is 1. The Kier molecular flexibility index (Phi) is 4.94. The molecule has 30 heavy (non-hydrogen) atoms. The second-order valence-electron chi connectivity index (χ2n) is 7.64. The molecule has 2 aromatic carbocycles. The minimum Gasteiger partial charge on any atom is -0.379 e. The Morgan fingerprint density at radius 2 is 1.77 bits per heavy atom. The number of hydrogen-bond acceptors (Lipinski definition) is 4. The van der Waals surface area contributed by atoms with Crippen LogP contribution in [0.5, 0.6) is 0 Å². The standard InChI is InChI=1S/C24H24N4O2/c1-18-22(24(29)28(25-18)20-7-3-2-4-8-20)15-19-16-27(17-26-11-13-30-14-12-26)23-10-6-5-9-21(19)23/h2-10,15-16H,11-14,17H2,1H3. The molecule has 0 radical (unpaired) electrons. The number of para-hydroxylation sites is 2. The summed E-state index contributed by atoms with van der Waals surface area (Å²) < 4.78 is 7.73. The zero-order chi connectivity index (χ0) is 20.5. The van der Waals surface area contributed by atoms with Crippen molar-refractivity contribution in [1.29, 1.82) is 0 Å². The summed E-state index contributed by atoms with van der Waals surface area (Å²) in [6.07, 6.45) is 4.11. The largest absolute Gasteiger partial charge is 0.379 e. The zero-order valence-electron chi connectivity index (χ0n) is 17.0. The summed E-state index contributed by atoms with van der Waals surface area (Å²) >= 11 is 0. The van der Waals surface area contributed by atoms with Gasteiger partial charge >= 0.3 is 0 Å². The van der Waals surface area contributed by atoms with Gasteiger partial charge in [-0.1, -0.05) is 36.4 Å². The van der Waals surface area contributed by atoms with Gasteiger partial charge in [-0.2, -0.15) is 10.1 Å². The molecule has 6 nitrogen and oxygen atoms in total. The van der Waals surface area contributed by atoms with Gasteiger partial charge in [0, 0.05) is 35.8 Å². The van der Waals surface area contributed by atoms with Crippen molar-refractivity contribution >= 4 is 34.3 Å². The lowest BCUT2D eigenvalue weighted by Gasteiger charge is -2.27. The minimum absolute atomic E-state index is 0.0938. The summed E-state index contributed by atoms with van der Waals surface area (Å²) in [5.74, 6) is -0.0938. The molecule has 1 fully saturated rings. The molecule has 0 aliphatic carbocycles. The third-order valence-electron chi connectivity index (χ3n) is 5.64. The first-order valence-electron chi connectivity index (χ1n) is 10.3. The summed E-state index contributed by atoms with van der Waals surface area (Å²) in [5.41, 5.74) is 4.34. The van der Waals surface area contributed by atoms with Crippen LogP contribution in [0.2, 0.25) is 0 Å². The number of hydrogen-bond donors (Lipinski definition) is 0. The van der Waals surface area contributed by atoms with Crippen molar-refractivity contribution in [3.05, 3.63) is 71.9 Å². The Labute approximate surface area is 175 Å². The number of carbonyl (C=O) groups excluding carboxylic acids is 1. The molecule has 0 atom stereocenters. The molecule has 0 saturated carbocycles. The monoisotopic (exact) mass is 400 g/mol. The molecule has 0 bridgehead atoms. The van der Waals surface area contributed by atoms with E-state index in [2.05, 4.69) is 39.0 Å². The highest BCUT2D eigenvalue weighted by atomic mass is 16.5. The van der Waals surface area contributed by atoms with Crippen LogP contribution >= 0.6 is 0 Å². The van der Waals surface area contributed by atoms with Gasteiger partial charge in [0.05, 0.1) is 36.9 Å². The number of morpholine rings is 1. The molecule has 5 rings (SSSR count). The van der Waals surface area contributed by atoms with E-state index in [4.69, 9.17) is 4.74 Å². The molecular weight excluding hydrogens is 376 g/mol. The molecule has 0 spiro atoms. The van der Waals surface area contributed by atoms with E-state index in [0.717, 1.165) is 60.8 Å². The van der Waals surface area contributed by atoms with Crippen molar-refractivity contribution in [1.82, 2.24) is 9.47 Å².